The minimum atomic E-state index is -0.571. The van der Waals surface area contributed by atoms with Crippen molar-refractivity contribution in [3.05, 3.63) is 22.2 Å². The van der Waals surface area contributed by atoms with E-state index in [1.807, 2.05) is 13.8 Å². The SMILES string of the molecule is CC1(C)COc2cc(Cl)c(Cl)cc2NC1=O. The molecule has 1 heterocycles. The maximum absolute atomic E-state index is 11.8. The molecule has 3 nitrogen and oxygen atoms in total. The van der Waals surface area contributed by atoms with Gasteiger partial charge in [0.25, 0.3) is 0 Å². The van der Waals surface area contributed by atoms with Gasteiger partial charge in [-0.15, -0.1) is 0 Å². The third kappa shape index (κ3) is 1.97. The number of benzene rings is 1. The van der Waals surface area contributed by atoms with E-state index in [2.05, 4.69) is 5.32 Å². The molecule has 0 aliphatic carbocycles. The average molecular weight is 260 g/mol. The van der Waals surface area contributed by atoms with Gasteiger partial charge in [0.2, 0.25) is 5.91 Å². The Hall–Kier alpha value is -0.930. The van der Waals surface area contributed by atoms with Crippen molar-refractivity contribution < 1.29 is 9.53 Å². The molecule has 0 aromatic heterocycles. The zero-order chi connectivity index (χ0) is 11.9. The van der Waals surface area contributed by atoms with Crippen LogP contribution in [0.15, 0.2) is 12.1 Å². The second-order valence-electron chi connectivity index (χ2n) is 4.39. The lowest BCUT2D eigenvalue weighted by Gasteiger charge is -2.18. The van der Waals surface area contributed by atoms with Crippen molar-refractivity contribution in [3.8, 4) is 5.75 Å². The van der Waals surface area contributed by atoms with E-state index in [0.717, 1.165) is 0 Å². The van der Waals surface area contributed by atoms with Gasteiger partial charge in [0.05, 0.1) is 21.1 Å². The first-order valence-electron chi connectivity index (χ1n) is 4.83. The van der Waals surface area contributed by atoms with Gasteiger partial charge in [-0.25, -0.2) is 0 Å². The van der Waals surface area contributed by atoms with Crippen molar-refractivity contribution in [2.24, 2.45) is 5.41 Å². The fourth-order valence-electron chi connectivity index (χ4n) is 1.36. The molecule has 0 bridgehead atoms. The Labute approximate surface area is 104 Å². The number of halogens is 2. The molecule has 86 valence electrons. The Morgan fingerprint density at radius 3 is 2.62 bits per heavy atom. The summed E-state index contributed by atoms with van der Waals surface area (Å²) in [4.78, 5) is 11.8. The van der Waals surface area contributed by atoms with Gasteiger partial charge in [0, 0.05) is 6.07 Å². The van der Waals surface area contributed by atoms with Crippen molar-refractivity contribution in [1.82, 2.24) is 0 Å². The van der Waals surface area contributed by atoms with Gasteiger partial charge in [0.15, 0.2) is 0 Å². The lowest BCUT2D eigenvalue weighted by atomic mass is 9.94. The molecule has 0 saturated heterocycles. The van der Waals surface area contributed by atoms with Crippen LogP contribution < -0.4 is 10.1 Å². The van der Waals surface area contributed by atoms with E-state index in [-0.39, 0.29) is 5.91 Å². The number of hydrogen-bond acceptors (Lipinski definition) is 2. The number of fused-ring (bicyclic) bond motifs is 1. The fraction of sp³-hybridized carbons (Fsp3) is 0.364. The van der Waals surface area contributed by atoms with E-state index in [1.165, 1.54) is 0 Å². The van der Waals surface area contributed by atoms with Gasteiger partial charge >= 0.3 is 0 Å². The smallest absolute Gasteiger partial charge is 0.233 e. The molecule has 1 aromatic rings. The van der Waals surface area contributed by atoms with Crippen LogP contribution in [0.4, 0.5) is 5.69 Å². The topological polar surface area (TPSA) is 38.3 Å². The van der Waals surface area contributed by atoms with Crippen LogP contribution in [-0.2, 0) is 4.79 Å². The summed E-state index contributed by atoms with van der Waals surface area (Å²) in [6.07, 6.45) is 0. The Kier molecular flexibility index (Phi) is 2.76. The molecule has 0 unspecified atom stereocenters. The molecule has 1 aromatic carbocycles. The lowest BCUT2D eigenvalue weighted by Crippen LogP contribution is -2.33. The summed E-state index contributed by atoms with van der Waals surface area (Å²) in [5, 5.41) is 3.58. The number of ether oxygens (including phenoxy) is 1. The molecule has 0 spiro atoms. The zero-order valence-electron chi connectivity index (χ0n) is 8.93. The zero-order valence-corrected chi connectivity index (χ0v) is 10.4. The molecule has 0 saturated carbocycles. The molecule has 1 N–H and O–H groups in total. The van der Waals surface area contributed by atoms with Crippen molar-refractivity contribution in [3.63, 3.8) is 0 Å². The van der Waals surface area contributed by atoms with Crippen molar-refractivity contribution >= 4 is 34.8 Å². The van der Waals surface area contributed by atoms with Crippen LogP contribution in [0, 0.1) is 5.41 Å². The third-order valence-electron chi connectivity index (χ3n) is 2.47. The number of rotatable bonds is 0. The van der Waals surface area contributed by atoms with Gasteiger partial charge < -0.3 is 10.1 Å². The summed E-state index contributed by atoms with van der Waals surface area (Å²) in [5.41, 5.74) is -0.0113. The highest BCUT2D eigenvalue weighted by atomic mass is 35.5. The second-order valence-corrected chi connectivity index (χ2v) is 5.20. The quantitative estimate of drug-likeness (QED) is 0.776. The van der Waals surface area contributed by atoms with E-state index in [0.29, 0.717) is 28.1 Å². The van der Waals surface area contributed by atoms with Crippen LogP contribution in [0.5, 0.6) is 5.75 Å². The van der Waals surface area contributed by atoms with Crippen molar-refractivity contribution in [1.29, 1.82) is 0 Å². The highest BCUT2D eigenvalue weighted by molar-refractivity contribution is 6.42. The van der Waals surface area contributed by atoms with E-state index < -0.39 is 5.41 Å². The monoisotopic (exact) mass is 259 g/mol. The highest BCUT2D eigenvalue weighted by Gasteiger charge is 2.32. The molecule has 1 aliphatic heterocycles. The molecular weight excluding hydrogens is 249 g/mol. The number of amides is 1. The van der Waals surface area contributed by atoms with Crippen molar-refractivity contribution in [2.45, 2.75) is 13.8 Å². The average Bonchev–Trinajstić information content (AvgIpc) is 2.29. The van der Waals surface area contributed by atoms with Gasteiger partial charge in [-0.3, -0.25) is 4.79 Å². The number of carbonyl (C=O) groups excluding carboxylic acids is 1. The van der Waals surface area contributed by atoms with Crippen LogP contribution in [0.25, 0.3) is 0 Å². The summed E-state index contributed by atoms with van der Waals surface area (Å²) in [5.74, 6) is 0.456. The first-order valence-corrected chi connectivity index (χ1v) is 5.59. The van der Waals surface area contributed by atoms with E-state index in [9.17, 15) is 4.79 Å². The van der Waals surface area contributed by atoms with Gasteiger partial charge in [-0.2, -0.15) is 0 Å². The van der Waals surface area contributed by atoms with Gasteiger partial charge in [0.1, 0.15) is 12.4 Å². The summed E-state index contributed by atoms with van der Waals surface area (Å²) in [6.45, 7) is 3.94. The van der Waals surface area contributed by atoms with Crippen LogP contribution >= 0.6 is 23.2 Å². The van der Waals surface area contributed by atoms with Crippen LogP contribution in [-0.4, -0.2) is 12.5 Å². The molecular formula is C11H11Cl2NO2. The number of hydrogen-bond donors (Lipinski definition) is 1. The van der Waals surface area contributed by atoms with Crippen LogP contribution in [0.1, 0.15) is 13.8 Å². The minimum absolute atomic E-state index is 0.0929. The fourth-order valence-corrected chi connectivity index (χ4v) is 1.68. The normalized spacial score (nSPS) is 18.1. The Balaban J connectivity index is 2.45. The van der Waals surface area contributed by atoms with Crippen LogP contribution in [0.3, 0.4) is 0 Å². The summed E-state index contributed by atoms with van der Waals surface area (Å²) in [6, 6.07) is 3.21. The minimum Gasteiger partial charge on any atom is -0.490 e. The molecule has 1 amide bonds. The molecule has 2 rings (SSSR count). The highest BCUT2D eigenvalue weighted by Crippen LogP contribution is 2.37. The predicted octanol–water partition coefficient (Wildman–Crippen LogP) is 3.35. The Morgan fingerprint density at radius 2 is 1.94 bits per heavy atom. The maximum atomic E-state index is 11.8. The van der Waals surface area contributed by atoms with E-state index in [4.69, 9.17) is 27.9 Å². The number of carbonyl (C=O) groups is 1. The molecule has 16 heavy (non-hydrogen) atoms. The van der Waals surface area contributed by atoms with E-state index in [1.54, 1.807) is 12.1 Å². The molecule has 1 aliphatic rings. The molecule has 0 fully saturated rings. The molecule has 5 heteroatoms. The first-order chi connectivity index (χ1) is 7.40. The number of anilines is 1. The van der Waals surface area contributed by atoms with Gasteiger partial charge in [-0.05, 0) is 19.9 Å². The second kappa shape index (κ2) is 3.82. The van der Waals surface area contributed by atoms with E-state index >= 15 is 0 Å². The Bertz CT molecular complexity index is 458. The summed E-state index contributed by atoms with van der Waals surface area (Å²) in [7, 11) is 0. The largest absolute Gasteiger partial charge is 0.490 e. The third-order valence-corrected chi connectivity index (χ3v) is 3.20. The molecule has 0 atom stereocenters. The van der Waals surface area contributed by atoms with Gasteiger partial charge in [-0.1, -0.05) is 23.2 Å². The predicted molar refractivity (Wildman–Crippen MR) is 64.4 cm³/mol. The first kappa shape index (κ1) is 11.6. The van der Waals surface area contributed by atoms with Crippen molar-refractivity contribution in [2.75, 3.05) is 11.9 Å². The Morgan fingerprint density at radius 1 is 1.31 bits per heavy atom. The summed E-state index contributed by atoms with van der Waals surface area (Å²) >= 11 is 11.8. The summed E-state index contributed by atoms with van der Waals surface area (Å²) < 4.78 is 5.54. The van der Waals surface area contributed by atoms with Crippen LogP contribution in [0.2, 0.25) is 10.0 Å². The maximum Gasteiger partial charge on any atom is 0.233 e. The lowest BCUT2D eigenvalue weighted by molar-refractivity contribution is -0.124. The number of nitrogens with one attached hydrogen (secondary N) is 1. The standard InChI is InChI=1S/C11H11Cl2NO2/c1-11(2)5-16-9-4-7(13)6(12)3-8(9)14-10(11)15/h3-4H,5H2,1-2H3,(H,14,15). The molecule has 0 radical (unpaired) electrons.